The van der Waals surface area contributed by atoms with Crippen LogP contribution in [0.1, 0.15) is 19.9 Å². The Hall–Kier alpha value is -1.99. The minimum atomic E-state index is -1.08. The van der Waals surface area contributed by atoms with Gasteiger partial charge in [0.1, 0.15) is 11.8 Å². The van der Waals surface area contributed by atoms with Crippen molar-refractivity contribution in [3.8, 4) is 16.2 Å². The van der Waals surface area contributed by atoms with Crippen LogP contribution in [0.25, 0.3) is 10.4 Å². The van der Waals surface area contributed by atoms with E-state index in [0.717, 1.165) is 10.1 Å². The monoisotopic (exact) mass is 337 g/mol. The summed E-state index contributed by atoms with van der Waals surface area (Å²) in [5.74, 6) is -1.21. The van der Waals surface area contributed by atoms with Gasteiger partial charge in [0.2, 0.25) is 0 Å². The van der Waals surface area contributed by atoms with Crippen LogP contribution < -0.4 is 5.56 Å². The van der Waals surface area contributed by atoms with Gasteiger partial charge in [0.25, 0.3) is 5.56 Å². The molecule has 5 nitrogen and oxygen atoms in total. The smallest absolute Gasteiger partial charge is 0.327 e. The molecule has 2 N–H and O–H groups in total. The lowest BCUT2D eigenvalue weighted by atomic mass is 10.0. The predicted octanol–water partition coefficient (Wildman–Crippen LogP) is 3.29. The van der Waals surface area contributed by atoms with E-state index in [4.69, 9.17) is 12.2 Å². The van der Waals surface area contributed by atoms with Gasteiger partial charge >= 0.3 is 5.97 Å². The highest BCUT2D eigenvalue weighted by Crippen LogP contribution is 2.26. The number of nitrogens with zero attached hydrogens (tertiary/aromatic N) is 1. The molecule has 0 spiro atoms. The first-order valence-corrected chi connectivity index (χ1v) is 7.82. The van der Waals surface area contributed by atoms with Crippen LogP contribution in [0, 0.1) is 9.87 Å². The number of hydrogen-bond acceptors (Lipinski definition) is 5. The predicted molar refractivity (Wildman–Crippen MR) is 88.0 cm³/mol. The van der Waals surface area contributed by atoms with Crippen LogP contribution in [-0.4, -0.2) is 20.7 Å². The first-order valence-electron chi connectivity index (χ1n) is 6.60. The average Bonchev–Trinajstić information content (AvgIpc) is 2.42. The Kier molecular flexibility index (Phi) is 4.77. The molecular formula is C15H15NO4S2. The van der Waals surface area contributed by atoms with Gasteiger partial charge in [-0.3, -0.25) is 9.36 Å². The van der Waals surface area contributed by atoms with Crippen molar-refractivity contribution < 1.29 is 15.0 Å². The lowest BCUT2D eigenvalue weighted by molar-refractivity contribution is -0.142. The van der Waals surface area contributed by atoms with Crippen molar-refractivity contribution in [1.29, 1.82) is 0 Å². The summed E-state index contributed by atoms with van der Waals surface area (Å²) in [4.78, 5) is 24.4. The summed E-state index contributed by atoms with van der Waals surface area (Å²) < 4.78 is 1.37. The van der Waals surface area contributed by atoms with E-state index in [1.54, 1.807) is 26.0 Å². The fourth-order valence-electron chi connectivity index (χ4n) is 2.16. The molecule has 1 aromatic carbocycles. The summed E-state index contributed by atoms with van der Waals surface area (Å²) >= 11 is 6.41. The maximum atomic E-state index is 12.3. The summed E-state index contributed by atoms with van der Waals surface area (Å²) in [6, 6.07) is 6.79. The topological polar surface area (TPSA) is 79.5 Å². The Balaban J connectivity index is 2.59. The molecule has 1 unspecified atom stereocenters. The van der Waals surface area contributed by atoms with Crippen LogP contribution in [-0.2, 0) is 4.79 Å². The maximum Gasteiger partial charge on any atom is 0.327 e. The molecule has 0 saturated heterocycles. The molecule has 0 radical (unpaired) electrons. The van der Waals surface area contributed by atoms with E-state index in [0.29, 0.717) is 4.88 Å². The number of rotatable bonds is 4. The Bertz CT molecular complexity index is 774. The van der Waals surface area contributed by atoms with Crippen LogP contribution in [0.15, 0.2) is 35.1 Å². The first-order chi connectivity index (χ1) is 10.3. The maximum absolute atomic E-state index is 12.3. The highest BCUT2D eigenvalue weighted by Gasteiger charge is 2.25. The average molecular weight is 337 g/mol. The summed E-state index contributed by atoms with van der Waals surface area (Å²) in [7, 11) is 0. The Morgan fingerprint density at radius 2 is 1.86 bits per heavy atom. The van der Waals surface area contributed by atoms with Crippen LogP contribution in [0.3, 0.4) is 0 Å². The molecule has 116 valence electrons. The van der Waals surface area contributed by atoms with Crippen molar-refractivity contribution in [3.05, 3.63) is 44.6 Å². The third-order valence-corrected chi connectivity index (χ3v) is 4.59. The first kappa shape index (κ1) is 16.4. The second-order valence-electron chi connectivity index (χ2n) is 5.16. The van der Waals surface area contributed by atoms with Crippen LogP contribution in [0.5, 0.6) is 5.75 Å². The van der Waals surface area contributed by atoms with Crippen molar-refractivity contribution in [1.82, 2.24) is 4.57 Å². The minimum absolute atomic E-state index is 0.131. The van der Waals surface area contributed by atoms with Crippen molar-refractivity contribution in [2.75, 3.05) is 0 Å². The van der Waals surface area contributed by atoms with Crippen molar-refractivity contribution >= 4 is 29.5 Å². The zero-order chi connectivity index (χ0) is 16.4. The molecule has 0 bridgehead atoms. The number of hydrogen-bond donors (Lipinski definition) is 2. The molecule has 2 rings (SSSR count). The molecule has 1 atom stereocenters. The van der Waals surface area contributed by atoms with E-state index in [2.05, 4.69) is 0 Å². The molecule has 1 aromatic heterocycles. The Morgan fingerprint density at radius 1 is 1.27 bits per heavy atom. The molecule has 1 heterocycles. The van der Waals surface area contributed by atoms with E-state index >= 15 is 0 Å². The number of aliphatic carboxylic acids is 1. The number of aromatic nitrogens is 1. The Morgan fingerprint density at radius 3 is 2.32 bits per heavy atom. The number of carbonyl (C=O) groups is 1. The molecule has 0 fully saturated rings. The zero-order valence-electron chi connectivity index (χ0n) is 12.0. The molecule has 0 aliphatic heterocycles. The zero-order valence-corrected chi connectivity index (χ0v) is 13.6. The van der Waals surface area contributed by atoms with E-state index in [1.165, 1.54) is 29.5 Å². The number of phenols is 1. The van der Waals surface area contributed by atoms with E-state index in [-0.39, 0.29) is 15.6 Å². The van der Waals surface area contributed by atoms with Crippen molar-refractivity contribution in [3.63, 3.8) is 0 Å². The number of aromatic hydroxyl groups is 1. The van der Waals surface area contributed by atoms with Gasteiger partial charge in [-0.2, -0.15) is 0 Å². The molecule has 7 heteroatoms. The second-order valence-corrected chi connectivity index (χ2v) is 6.83. The van der Waals surface area contributed by atoms with Gasteiger partial charge in [-0.15, -0.1) is 11.3 Å². The number of benzene rings is 1. The number of carboxylic acid groups (broad SMARTS) is 1. The van der Waals surface area contributed by atoms with E-state index in [9.17, 15) is 19.8 Å². The van der Waals surface area contributed by atoms with Gasteiger partial charge in [-0.25, -0.2) is 4.79 Å². The fraction of sp³-hybridized carbons (Fsp3) is 0.267. The summed E-state index contributed by atoms with van der Waals surface area (Å²) in [5, 5.41) is 18.6. The lowest BCUT2D eigenvalue weighted by Gasteiger charge is -2.19. The number of phenolic OH excluding ortho intramolecular Hbond substituents is 1. The highest BCUT2D eigenvalue weighted by molar-refractivity contribution is 7.73. The van der Waals surface area contributed by atoms with Gasteiger partial charge < -0.3 is 10.2 Å². The lowest BCUT2D eigenvalue weighted by Crippen LogP contribution is -2.32. The van der Waals surface area contributed by atoms with Crippen LogP contribution in [0.2, 0.25) is 0 Å². The minimum Gasteiger partial charge on any atom is -0.508 e. The summed E-state index contributed by atoms with van der Waals surface area (Å²) in [6.45, 7) is 3.47. The normalized spacial score (nSPS) is 12.3. The van der Waals surface area contributed by atoms with E-state index in [1.807, 2.05) is 0 Å². The highest BCUT2D eigenvalue weighted by atomic mass is 32.1. The molecule has 0 amide bonds. The standard InChI is InChI=1S/C15H15NO4S2/c1-8(2)13(14(19)20)16-12(18)7-11(22-15(16)21)9-3-5-10(17)6-4-9/h3-8,13,17H,1-2H3,(H,19,20). The molecule has 0 aliphatic carbocycles. The third-order valence-electron chi connectivity index (χ3n) is 3.20. The molecule has 22 heavy (non-hydrogen) atoms. The third kappa shape index (κ3) is 3.26. The molecule has 2 aromatic rings. The van der Waals surface area contributed by atoms with Crippen molar-refractivity contribution in [2.45, 2.75) is 19.9 Å². The largest absolute Gasteiger partial charge is 0.508 e. The van der Waals surface area contributed by atoms with Gasteiger partial charge in [-0.05, 0) is 48.0 Å². The van der Waals surface area contributed by atoms with Gasteiger partial charge in [0.05, 0.1) is 0 Å². The fourth-order valence-corrected chi connectivity index (χ4v) is 3.53. The number of carboxylic acids is 1. The van der Waals surface area contributed by atoms with Gasteiger partial charge in [-0.1, -0.05) is 13.8 Å². The van der Waals surface area contributed by atoms with E-state index < -0.39 is 17.6 Å². The SMILES string of the molecule is CC(C)C(C(=O)O)n1c(=O)cc(-c2ccc(O)cc2)sc1=S. The quantitative estimate of drug-likeness (QED) is 0.837. The van der Waals surface area contributed by atoms with Gasteiger partial charge in [0.15, 0.2) is 3.95 Å². The molecular weight excluding hydrogens is 322 g/mol. The summed E-state index contributed by atoms with van der Waals surface area (Å²) in [6.07, 6.45) is 0. The van der Waals surface area contributed by atoms with Crippen LogP contribution in [0.4, 0.5) is 0 Å². The second kappa shape index (κ2) is 6.41. The summed E-state index contributed by atoms with van der Waals surface area (Å²) in [5.41, 5.74) is 0.308. The Labute approximate surface area is 136 Å². The van der Waals surface area contributed by atoms with Gasteiger partial charge in [0, 0.05) is 10.9 Å². The molecule has 0 aliphatic rings. The van der Waals surface area contributed by atoms with Crippen LogP contribution >= 0.6 is 23.6 Å². The van der Waals surface area contributed by atoms with Crippen molar-refractivity contribution in [2.24, 2.45) is 5.92 Å². The molecule has 0 saturated carbocycles.